The molecule has 0 saturated heterocycles. The van der Waals surface area contributed by atoms with Crippen LogP contribution in [-0.2, 0) is 0 Å². The van der Waals surface area contributed by atoms with Crippen LogP contribution in [0.1, 0.15) is 41.6 Å². The van der Waals surface area contributed by atoms with Crippen LogP contribution in [0.4, 0.5) is 13.9 Å². The molecule has 18 heavy (non-hydrogen) atoms. The number of rotatable bonds is 6. The lowest BCUT2D eigenvalue weighted by molar-refractivity contribution is 0.0700. The summed E-state index contributed by atoms with van der Waals surface area (Å²) >= 11 is 0.943. The monoisotopic (exact) mass is 278 g/mol. The van der Waals surface area contributed by atoms with Crippen molar-refractivity contribution >= 4 is 22.4 Å². The predicted molar refractivity (Wildman–Crippen MR) is 67.1 cm³/mol. The molecule has 0 saturated carbocycles. The number of halogens is 2. The average Bonchev–Trinajstić information content (AvgIpc) is 2.71. The predicted octanol–water partition coefficient (Wildman–Crippen LogP) is 3.06. The van der Waals surface area contributed by atoms with Crippen molar-refractivity contribution in [3.05, 3.63) is 10.6 Å². The van der Waals surface area contributed by atoms with E-state index in [4.69, 9.17) is 5.11 Å². The molecule has 1 atom stereocenters. The van der Waals surface area contributed by atoms with Crippen molar-refractivity contribution in [1.82, 2.24) is 4.98 Å². The van der Waals surface area contributed by atoms with Gasteiger partial charge in [-0.15, -0.1) is 0 Å². The SMILES string of the molecule is CCC(C)c1nc(N(C)CC(F)F)sc1C(=O)O. The van der Waals surface area contributed by atoms with Crippen molar-refractivity contribution in [2.24, 2.45) is 0 Å². The Morgan fingerprint density at radius 2 is 2.17 bits per heavy atom. The van der Waals surface area contributed by atoms with E-state index in [-0.39, 0.29) is 10.8 Å². The summed E-state index contributed by atoms with van der Waals surface area (Å²) in [5, 5.41) is 9.41. The van der Waals surface area contributed by atoms with Gasteiger partial charge in [0, 0.05) is 7.05 Å². The molecule has 0 aliphatic heterocycles. The van der Waals surface area contributed by atoms with Crippen molar-refractivity contribution in [2.75, 3.05) is 18.5 Å². The maximum atomic E-state index is 12.3. The fourth-order valence-corrected chi connectivity index (χ4v) is 2.44. The summed E-state index contributed by atoms with van der Waals surface area (Å²) in [5.74, 6) is -1.06. The molecule has 7 heteroatoms. The van der Waals surface area contributed by atoms with E-state index < -0.39 is 18.9 Å². The van der Waals surface area contributed by atoms with Gasteiger partial charge < -0.3 is 10.0 Å². The Balaban J connectivity index is 3.05. The van der Waals surface area contributed by atoms with E-state index in [1.54, 1.807) is 0 Å². The first-order valence-electron chi connectivity index (χ1n) is 5.60. The standard InChI is InChI=1S/C11H16F2N2O2S/c1-4-6(2)8-9(10(16)17)18-11(14-8)15(3)5-7(12)13/h6-7H,4-5H2,1-3H3,(H,16,17). The van der Waals surface area contributed by atoms with Crippen LogP contribution in [-0.4, -0.2) is 36.1 Å². The molecular weight excluding hydrogens is 262 g/mol. The van der Waals surface area contributed by atoms with Crippen LogP contribution in [0.3, 0.4) is 0 Å². The highest BCUT2D eigenvalue weighted by Gasteiger charge is 2.23. The number of nitrogens with zero attached hydrogens (tertiary/aromatic N) is 2. The Kier molecular flexibility index (Phi) is 5.01. The smallest absolute Gasteiger partial charge is 0.347 e. The molecule has 0 aromatic carbocycles. The van der Waals surface area contributed by atoms with Gasteiger partial charge in [-0.1, -0.05) is 25.2 Å². The summed E-state index contributed by atoms with van der Waals surface area (Å²) in [6.07, 6.45) is -1.72. The number of carboxylic acids is 1. The maximum absolute atomic E-state index is 12.3. The molecule has 1 heterocycles. The third-order valence-electron chi connectivity index (χ3n) is 2.65. The second kappa shape index (κ2) is 6.08. The molecule has 0 bridgehead atoms. The molecule has 1 aromatic heterocycles. The van der Waals surface area contributed by atoms with Crippen LogP contribution < -0.4 is 4.90 Å². The molecule has 0 aliphatic rings. The van der Waals surface area contributed by atoms with Gasteiger partial charge in [-0.3, -0.25) is 0 Å². The molecular formula is C11H16F2N2O2S. The Labute approximate surface area is 108 Å². The second-order valence-corrected chi connectivity index (χ2v) is 5.07. The van der Waals surface area contributed by atoms with E-state index in [0.717, 1.165) is 17.8 Å². The number of carbonyl (C=O) groups is 1. The normalized spacial score (nSPS) is 12.8. The molecule has 0 amide bonds. The van der Waals surface area contributed by atoms with Gasteiger partial charge in [-0.05, 0) is 12.3 Å². The molecule has 1 rings (SSSR count). The first-order valence-corrected chi connectivity index (χ1v) is 6.41. The van der Waals surface area contributed by atoms with E-state index in [1.165, 1.54) is 11.9 Å². The summed E-state index contributed by atoms with van der Waals surface area (Å²) in [6.45, 7) is 3.35. The van der Waals surface area contributed by atoms with Crippen molar-refractivity contribution < 1.29 is 18.7 Å². The third kappa shape index (κ3) is 3.38. The Hall–Kier alpha value is -1.24. The number of aromatic carboxylic acids is 1. The quantitative estimate of drug-likeness (QED) is 0.869. The van der Waals surface area contributed by atoms with Crippen molar-refractivity contribution in [3.63, 3.8) is 0 Å². The first-order chi connectivity index (χ1) is 8.36. The Bertz CT molecular complexity index is 423. The average molecular weight is 278 g/mol. The number of carboxylic acid groups (broad SMARTS) is 1. The summed E-state index contributed by atoms with van der Waals surface area (Å²) in [5.41, 5.74) is 0.478. The number of alkyl halides is 2. The molecule has 4 nitrogen and oxygen atoms in total. The van der Waals surface area contributed by atoms with Crippen molar-refractivity contribution in [3.8, 4) is 0 Å². The summed E-state index contributed by atoms with van der Waals surface area (Å²) in [6, 6.07) is 0. The molecule has 0 fully saturated rings. The number of anilines is 1. The Morgan fingerprint density at radius 3 is 2.61 bits per heavy atom. The van der Waals surface area contributed by atoms with Crippen LogP contribution in [0, 0.1) is 0 Å². The highest BCUT2D eigenvalue weighted by Crippen LogP contribution is 2.31. The molecule has 102 valence electrons. The zero-order chi connectivity index (χ0) is 13.9. The zero-order valence-electron chi connectivity index (χ0n) is 10.5. The number of hydrogen-bond acceptors (Lipinski definition) is 4. The zero-order valence-corrected chi connectivity index (χ0v) is 11.3. The van der Waals surface area contributed by atoms with Gasteiger partial charge in [-0.25, -0.2) is 18.6 Å². The topological polar surface area (TPSA) is 53.4 Å². The minimum Gasteiger partial charge on any atom is -0.477 e. The van der Waals surface area contributed by atoms with Gasteiger partial charge in [0.05, 0.1) is 12.2 Å². The molecule has 1 unspecified atom stereocenters. The van der Waals surface area contributed by atoms with E-state index in [1.807, 2.05) is 13.8 Å². The summed E-state index contributed by atoms with van der Waals surface area (Å²) < 4.78 is 24.6. The van der Waals surface area contributed by atoms with Crippen LogP contribution in [0.15, 0.2) is 0 Å². The molecule has 0 spiro atoms. The van der Waals surface area contributed by atoms with E-state index in [0.29, 0.717) is 10.8 Å². The lowest BCUT2D eigenvalue weighted by Crippen LogP contribution is -2.23. The number of aromatic nitrogens is 1. The largest absolute Gasteiger partial charge is 0.477 e. The molecule has 0 aliphatic carbocycles. The van der Waals surface area contributed by atoms with Gasteiger partial charge in [0.1, 0.15) is 4.88 Å². The first kappa shape index (κ1) is 14.8. The van der Waals surface area contributed by atoms with Gasteiger partial charge in [0.15, 0.2) is 5.13 Å². The highest BCUT2D eigenvalue weighted by molar-refractivity contribution is 7.17. The Morgan fingerprint density at radius 1 is 1.56 bits per heavy atom. The summed E-state index contributed by atoms with van der Waals surface area (Å²) in [7, 11) is 1.48. The van der Waals surface area contributed by atoms with Gasteiger partial charge in [0.2, 0.25) is 0 Å². The fourth-order valence-electron chi connectivity index (χ4n) is 1.45. The van der Waals surface area contributed by atoms with Crippen molar-refractivity contribution in [1.29, 1.82) is 0 Å². The minimum atomic E-state index is -2.47. The van der Waals surface area contributed by atoms with E-state index >= 15 is 0 Å². The lowest BCUT2D eigenvalue weighted by Gasteiger charge is -2.14. The lowest BCUT2D eigenvalue weighted by atomic mass is 10.0. The van der Waals surface area contributed by atoms with Gasteiger partial charge >= 0.3 is 5.97 Å². The highest BCUT2D eigenvalue weighted by atomic mass is 32.1. The number of hydrogen-bond donors (Lipinski definition) is 1. The molecule has 0 radical (unpaired) electrons. The van der Waals surface area contributed by atoms with Crippen molar-refractivity contribution in [2.45, 2.75) is 32.6 Å². The minimum absolute atomic E-state index is 0.000972. The van der Waals surface area contributed by atoms with Crippen LogP contribution in [0.2, 0.25) is 0 Å². The van der Waals surface area contributed by atoms with Crippen LogP contribution >= 0.6 is 11.3 Å². The van der Waals surface area contributed by atoms with Gasteiger partial charge in [0.25, 0.3) is 6.43 Å². The maximum Gasteiger partial charge on any atom is 0.347 e. The second-order valence-electron chi connectivity index (χ2n) is 4.10. The molecule has 1 aromatic rings. The fraction of sp³-hybridized carbons (Fsp3) is 0.636. The van der Waals surface area contributed by atoms with Crippen LogP contribution in [0.5, 0.6) is 0 Å². The van der Waals surface area contributed by atoms with Gasteiger partial charge in [-0.2, -0.15) is 0 Å². The summed E-state index contributed by atoms with van der Waals surface area (Å²) in [4.78, 5) is 16.7. The van der Waals surface area contributed by atoms with E-state index in [2.05, 4.69) is 4.98 Å². The molecule has 1 N–H and O–H groups in total. The van der Waals surface area contributed by atoms with Crippen LogP contribution in [0.25, 0.3) is 0 Å². The van der Waals surface area contributed by atoms with E-state index in [9.17, 15) is 13.6 Å². The third-order valence-corrected chi connectivity index (χ3v) is 3.83. The number of thiazole rings is 1.